The molecule has 1 amide bonds. The molecular weight excluding hydrogens is 468 g/mol. The Kier molecular flexibility index (Phi) is 8.15. The summed E-state index contributed by atoms with van der Waals surface area (Å²) in [5.74, 6) is 0.299. The fourth-order valence-corrected chi connectivity index (χ4v) is 8.01. The third-order valence-corrected chi connectivity index (χ3v) is 9.06. The largest absolute Gasteiger partial charge is 0.480 e. The zero-order valence-electron chi connectivity index (χ0n) is 20.1. The van der Waals surface area contributed by atoms with Crippen molar-refractivity contribution < 1.29 is 23.1 Å². The van der Waals surface area contributed by atoms with E-state index in [-0.39, 0.29) is 24.3 Å². The molecule has 0 aliphatic heterocycles. The summed E-state index contributed by atoms with van der Waals surface area (Å²) in [6, 6.07) is 6.89. The van der Waals surface area contributed by atoms with Crippen molar-refractivity contribution in [3.05, 3.63) is 35.9 Å². The second-order valence-electron chi connectivity index (χ2n) is 10.8. The van der Waals surface area contributed by atoms with E-state index in [1.807, 2.05) is 30.3 Å². The lowest BCUT2D eigenvalue weighted by atomic mass is 9.53. The molecule has 1 aromatic carbocycles. The number of rotatable bonds is 13. The Labute approximate surface area is 207 Å². The van der Waals surface area contributed by atoms with Gasteiger partial charge in [-0.3, -0.25) is 9.59 Å². The summed E-state index contributed by atoms with van der Waals surface area (Å²) in [5, 5.41) is 12.8. The topological polar surface area (TPSA) is 151 Å². The molecule has 10 heteroatoms. The number of aliphatic carboxylic acids is 1. The molecule has 4 saturated carbocycles. The maximum atomic E-state index is 13.5. The molecule has 4 aliphatic rings. The van der Waals surface area contributed by atoms with Gasteiger partial charge in [-0.15, -0.1) is 0 Å². The summed E-state index contributed by atoms with van der Waals surface area (Å²) in [7, 11) is -4.27. The monoisotopic (exact) mass is 506 g/mol. The Morgan fingerprint density at radius 3 is 2.09 bits per heavy atom. The summed E-state index contributed by atoms with van der Waals surface area (Å²) in [6.07, 6.45) is 7.95. The number of hydrogen-bond donors (Lipinski definition) is 5. The van der Waals surface area contributed by atoms with Crippen LogP contribution in [0.5, 0.6) is 0 Å². The summed E-state index contributed by atoms with van der Waals surface area (Å²) < 4.78 is 30.6. The molecule has 5 rings (SSSR count). The molecule has 0 unspecified atom stereocenters. The second-order valence-corrected chi connectivity index (χ2v) is 12.3. The van der Waals surface area contributed by atoms with Gasteiger partial charge in [-0.25, -0.2) is 0 Å². The Morgan fingerprint density at radius 1 is 0.971 bits per heavy atom. The first-order valence-corrected chi connectivity index (χ1v) is 14.2. The van der Waals surface area contributed by atoms with Crippen LogP contribution in [0.1, 0.15) is 63.4 Å². The van der Waals surface area contributed by atoms with E-state index in [4.69, 9.17) is 5.73 Å². The highest BCUT2D eigenvalue weighted by Crippen LogP contribution is 2.55. The number of carbonyl (C=O) groups is 2. The summed E-state index contributed by atoms with van der Waals surface area (Å²) in [5.41, 5.74) is 6.03. The Hall–Kier alpha value is -2.01. The zero-order valence-corrected chi connectivity index (χ0v) is 20.9. The highest BCUT2D eigenvalue weighted by molar-refractivity contribution is 7.87. The van der Waals surface area contributed by atoms with Gasteiger partial charge in [0, 0.05) is 5.54 Å². The minimum absolute atomic E-state index is 0.121. The summed E-state index contributed by atoms with van der Waals surface area (Å²) >= 11 is 0. The standard InChI is InChI=1S/C25H38N4O5S/c26-9-5-4-8-21(24(31)32)28-35(33,34)29-22(13-17-6-2-1-3-7-17)23(30)27-25-14-18-10-19(15-25)12-20(11-18)16-25/h1-3,6-7,18-22,28-29H,4-5,8-16,26H2,(H,27,30)(H,31,32)/t18?,19?,20?,21-,22-,25?/m0/s1. The Morgan fingerprint density at radius 2 is 1.54 bits per heavy atom. The van der Waals surface area contributed by atoms with Crippen molar-refractivity contribution in [2.45, 2.75) is 81.8 Å². The van der Waals surface area contributed by atoms with E-state index in [0.717, 1.165) is 24.8 Å². The van der Waals surface area contributed by atoms with Crippen LogP contribution < -0.4 is 20.5 Å². The van der Waals surface area contributed by atoms with Crippen molar-refractivity contribution in [2.24, 2.45) is 23.5 Å². The first-order chi connectivity index (χ1) is 16.7. The third kappa shape index (κ3) is 6.81. The third-order valence-electron chi connectivity index (χ3n) is 7.87. The highest BCUT2D eigenvalue weighted by Gasteiger charge is 2.52. The van der Waals surface area contributed by atoms with Crippen LogP contribution in [-0.4, -0.2) is 49.6 Å². The minimum atomic E-state index is -4.27. The van der Waals surface area contributed by atoms with E-state index >= 15 is 0 Å². The maximum Gasteiger partial charge on any atom is 0.321 e. The molecule has 35 heavy (non-hydrogen) atoms. The SMILES string of the molecule is NCCCC[C@H](NS(=O)(=O)N[C@@H](Cc1ccccc1)C(=O)NC12CC3CC(CC(C3)C1)C2)C(=O)O. The van der Waals surface area contributed by atoms with Crippen LogP contribution in [0.2, 0.25) is 0 Å². The predicted molar refractivity (Wildman–Crippen MR) is 133 cm³/mol. The molecule has 4 bridgehead atoms. The van der Waals surface area contributed by atoms with E-state index in [1.54, 1.807) is 0 Å². The van der Waals surface area contributed by atoms with Crippen molar-refractivity contribution >= 4 is 22.1 Å². The lowest BCUT2D eigenvalue weighted by molar-refractivity contribution is -0.139. The number of hydrogen-bond acceptors (Lipinski definition) is 5. The lowest BCUT2D eigenvalue weighted by Crippen LogP contribution is -2.63. The first kappa shape index (κ1) is 26.1. The van der Waals surface area contributed by atoms with Crippen LogP contribution >= 0.6 is 0 Å². The molecule has 9 nitrogen and oxygen atoms in total. The summed E-state index contributed by atoms with van der Waals surface area (Å²) in [6.45, 7) is 0.404. The first-order valence-electron chi connectivity index (χ1n) is 12.8. The van der Waals surface area contributed by atoms with Gasteiger partial charge >= 0.3 is 5.97 Å². The summed E-state index contributed by atoms with van der Waals surface area (Å²) in [4.78, 5) is 25.2. The highest BCUT2D eigenvalue weighted by atomic mass is 32.2. The number of benzene rings is 1. The normalized spacial score (nSPS) is 29.0. The Balaban J connectivity index is 1.48. The van der Waals surface area contributed by atoms with E-state index in [2.05, 4.69) is 14.8 Å². The molecular formula is C25H38N4O5S. The zero-order chi connectivity index (χ0) is 25.1. The minimum Gasteiger partial charge on any atom is -0.480 e. The van der Waals surface area contributed by atoms with Gasteiger partial charge in [-0.1, -0.05) is 36.8 Å². The number of carboxylic acid groups (broad SMARTS) is 1. The maximum absolute atomic E-state index is 13.5. The molecule has 2 atom stereocenters. The van der Waals surface area contributed by atoms with Crippen LogP contribution in [0.4, 0.5) is 0 Å². The molecule has 6 N–H and O–H groups in total. The Bertz CT molecular complexity index is 965. The van der Waals surface area contributed by atoms with E-state index in [0.29, 0.717) is 37.1 Å². The predicted octanol–water partition coefficient (Wildman–Crippen LogP) is 1.69. The van der Waals surface area contributed by atoms with Crippen LogP contribution in [-0.2, 0) is 26.2 Å². The number of carboxylic acids is 1. The van der Waals surface area contributed by atoms with Gasteiger partial charge in [0.25, 0.3) is 10.2 Å². The van der Waals surface area contributed by atoms with Crippen LogP contribution in [0.25, 0.3) is 0 Å². The van der Waals surface area contributed by atoms with Gasteiger partial charge in [0.1, 0.15) is 12.1 Å². The van der Waals surface area contributed by atoms with Crippen molar-refractivity contribution in [3.63, 3.8) is 0 Å². The van der Waals surface area contributed by atoms with Crippen LogP contribution in [0.15, 0.2) is 30.3 Å². The second kappa shape index (κ2) is 10.9. The van der Waals surface area contributed by atoms with Crippen molar-refractivity contribution in [1.82, 2.24) is 14.8 Å². The quantitative estimate of drug-likeness (QED) is 0.257. The lowest BCUT2D eigenvalue weighted by Gasteiger charge is -2.57. The van der Waals surface area contributed by atoms with Gasteiger partial charge in [0.05, 0.1) is 0 Å². The number of nitrogens with one attached hydrogen (secondary N) is 3. The van der Waals surface area contributed by atoms with Gasteiger partial charge in [0.15, 0.2) is 0 Å². The van der Waals surface area contributed by atoms with Gasteiger partial charge in [-0.2, -0.15) is 17.9 Å². The number of unbranched alkanes of at least 4 members (excludes halogenated alkanes) is 1. The molecule has 4 fully saturated rings. The smallest absolute Gasteiger partial charge is 0.321 e. The van der Waals surface area contributed by atoms with E-state index in [9.17, 15) is 23.1 Å². The molecule has 0 spiro atoms. The van der Waals surface area contributed by atoms with Gasteiger partial charge in [0.2, 0.25) is 5.91 Å². The van der Waals surface area contributed by atoms with Gasteiger partial charge in [-0.05, 0) is 87.6 Å². The van der Waals surface area contributed by atoms with Crippen molar-refractivity contribution in [3.8, 4) is 0 Å². The number of amides is 1. The molecule has 0 aromatic heterocycles. The van der Waals surface area contributed by atoms with E-state index < -0.39 is 28.3 Å². The molecule has 194 valence electrons. The molecule has 0 radical (unpaired) electrons. The number of carbonyl (C=O) groups excluding carboxylic acids is 1. The molecule has 0 heterocycles. The van der Waals surface area contributed by atoms with E-state index in [1.165, 1.54) is 19.3 Å². The molecule has 1 aromatic rings. The fourth-order valence-electron chi connectivity index (χ4n) is 6.78. The molecule has 0 saturated heterocycles. The van der Waals surface area contributed by atoms with Crippen LogP contribution in [0.3, 0.4) is 0 Å². The average Bonchev–Trinajstić information content (AvgIpc) is 2.77. The number of nitrogens with two attached hydrogens (primary N) is 1. The van der Waals surface area contributed by atoms with Crippen molar-refractivity contribution in [1.29, 1.82) is 0 Å². The fraction of sp³-hybridized carbons (Fsp3) is 0.680. The molecule has 4 aliphatic carbocycles. The van der Waals surface area contributed by atoms with Gasteiger partial charge < -0.3 is 16.2 Å². The van der Waals surface area contributed by atoms with Crippen molar-refractivity contribution in [2.75, 3.05) is 6.54 Å². The van der Waals surface area contributed by atoms with Crippen LogP contribution in [0, 0.1) is 17.8 Å². The average molecular weight is 507 g/mol.